The maximum absolute atomic E-state index is 5.79. The lowest BCUT2D eigenvalue weighted by atomic mass is 10.3. The van der Waals surface area contributed by atoms with E-state index in [9.17, 15) is 0 Å². The molecule has 0 saturated heterocycles. The molecule has 15 heavy (non-hydrogen) atoms. The number of nitrogens with two attached hydrogens (primary N) is 1. The summed E-state index contributed by atoms with van der Waals surface area (Å²) in [6, 6.07) is 5.52. The van der Waals surface area contributed by atoms with Crippen LogP contribution >= 0.6 is 11.6 Å². The highest BCUT2D eigenvalue weighted by molar-refractivity contribution is 6.31. The standard InChI is InChI=1S/C8H8ClN3.C3H8/c9-5-1-2-6-7(3-5)12-8(4-10)11-6;1-3-2/h1-3H,4,10H2,(H,11,12);3H2,1-2H3. The first-order chi connectivity index (χ1) is 7.21. The summed E-state index contributed by atoms with van der Waals surface area (Å²) in [7, 11) is 0. The molecule has 82 valence electrons. The Morgan fingerprint density at radius 3 is 2.67 bits per heavy atom. The second-order valence-electron chi connectivity index (χ2n) is 3.26. The second kappa shape index (κ2) is 5.73. The van der Waals surface area contributed by atoms with E-state index in [2.05, 4.69) is 23.8 Å². The first-order valence-electron chi connectivity index (χ1n) is 5.05. The van der Waals surface area contributed by atoms with Gasteiger partial charge in [-0.3, -0.25) is 0 Å². The molecule has 4 heteroatoms. The lowest BCUT2D eigenvalue weighted by Gasteiger charge is -1.87. The van der Waals surface area contributed by atoms with Crippen molar-refractivity contribution in [1.82, 2.24) is 9.97 Å². The molecule has 0 radical (unpaired) electrons. The van der Waals surface area contributed by atoms with Crippen LogP contribution in [0.4, 0.5) is 0 Å². The molecular formula is C11H16ClN3. The Morgan fingerprint density at radius 1 is 1.40 bits per heavy atom. The Bertz CT molecular complexity index is 423. The number of aromatic nitrogens is 2. The topological polar surface area (TPSA) is 54.7 Å². The van der Waals surface area contributed by atoms with E-state index in [1.807, 2.05) is 18.2 Å². The van der Waals surface area contributed by atoms with Gasteiger partial charge in [0.05, 0.1) is 17.6 Å². The van der Waals surface area contributed by atoms with E-state index < -0.39 is 0 Å². The Hall–Kier alpha value is -1.06. The maximum Gasteiger partial charge on any atom is 0.121 e. The third kappa shape index (κ3) is 3.22. The fraction of sp³-hybridized carbons (Fsp3) is 0.364. The fourth-order valence-electron chi connectivity index (χ4n) is 1.13. The van der Waals surface area contributed by atoms with Gasteiger partial charge in [-0.15, -0.1) is 0 Å². The van der Waals surface area contributed by atoms with Gasteiger partial charge in [-0.05, 0) is 18.2 Å². The highest BCUT2D eigenvalue weighted by Crippen LogP contribution is 2.16. The van der Waals surface area contributed by atoms with Crippen molar-refractivity contribution in [2.75, 3.05) is 0 Å². The summed E-state index contributed by atoms with van der Waals surface area (Å²) < 4.78 is 0. The third-order valence-corrected chi connectivity index (χ3v) is 1.92. The summed E-state index contributed by atoms with van der Waals surface area (Å²) in [5.41, 5.74) is 7.26. The monoisotopic (exact) mass is 225 g/mol. The number of hydrogen-bond acceptors (Lipinski definition) is 2. The summed E-state index contributed by atoms with van der Waals surface area (Å²) in [5, 5.41) is 0.703. The van der Waals surface area contributed by atoms with Gasteiger partial charge in [0.15, 0.2) is 0 Å². The summed E-state index contributed by atoms with van der Waals surface area (Å²) in [6.07, 6.45) is 1.25. The van der Waals surface area contributed by atoms with Gasteiger partial charge in [0.25, 0.3) is 0 Å². The molecule has 1 heterocycles. The number of benzene rings is 1. The zero-order valence-corrected chi connectivity index (χ0v) is 9.80. The van der Waals surface area contributed by atoms with Crippen LogP contribution in [0.5, 0.6) is 0 Å². The predicted molar refractivity (Wildman–Crippen MR) is 65.0 cm³/mol. The molecule has 0 atom stereocenters. The molecule has 0 aliphatic rings. The largest absolute Gasteiger partial charge is 0.341 e. The van der Waals surface area contributed by atoms with Crippen LogP contribution in [0, 0.1) is 0 Å². The maximum atomic E-state index is 5.79. The van der Waals surface area contributed by atoms with Crippen LogP contribution in [0.25, 0.3) is 11.0 Å². The lowest BCUT2D eigenvalue weighted by Crippen LogP contribution is -1.97. The number of fused-ring (bicyclic) bond motifs is 1. The van der Waals surface area contributed by atoms with E-state index in [-0.39, 0.29) is 0 Å². The molecule has 0 saturated carbocycles. The van der Waals surface area contributed by atoms with Crippen molar-refractivity contribution in [1.29, 1.82) is 0 Å². The van der Waals surface area contributed by atoms with Crippen LogP contribution in [-0.2, 0) is 6.54 Å². The van der Waals surface area contributed by atoms with Gasteiger partial charge in [-0.25, -0.2) is 4.98 Å². The number of aromatic amines is 1. The SMILES string of the molecule is CCC.NCc1nc2ccc(Cl)cc2[nH]1. The predicted octanol–water partition coefficient (Wildman–Crippen LogP) is 3.09. The van der Waals surface area contributed by atoms with Gasteiger partial charge < -0.3 is 10.7 Å². The van der Waals surface area contributed by atoms with Gasteiger partial charge in [-0.2, -0.15) is 0 Å². The molecule has 1 aromatic carbocycles. The van der Waals surface area contributed by atoms with Crippen molar-refractivity contribution >= 4 is 22.6 Å². The summed E-state index contributed by atoms with van der Waals surface area (Å²) in [6.45, 7) is 4.67. The van der Waals surface area contributed by atoms with Gasteiger partial charge in [0.2, 0.25) is 0 Å². The average Bonchev–Trinajstić information content (AvgIpc) is 2.61. The zero-order valence-electron chi connectivity index (χ0n) is 9.05. The lowest BCUT2D eigenvalue weighted by molar-refractivity contribution is 0.958. The molecule has 2 aromatic rings. The Labute approximate surface area is 94.7 Å². The molecule has 0 bridgehead atoms. The van der Waals surface area contributed by atoms with Crippen molar-refractivity contribution < 1.29 is 0 Å². The number of nitrogens with one attached hydrogen (secondary N) is 1. The number of halogens is 1. The van der Waals surface area contributed by atoms with Crippen LogP contribution in [0.15, 0.2) is 18.2 Å². The van der Waals surface area contributed by atoms with Crippen molar-refractivity contribution in [2.45, 2.75) is 26.8 Å². The molecule has 3 N–H and O–H groups in total. The molecular weight excluding hydrogens is 210 g/mol. The van der Waals surface area contributed by atoms with Gasteiger partial charge in [0.1, 0.15) is 5.82 Å². The highest BCUT2D eigenvalue weighted by Gasteiger charge is 2.00. The molecule has 3 nitrogen and oxygen atoms in total. The number of nitrogens with zero attached hydrogens (tertiary/aromatic N) is 1. The van der Waals surface area contributed by atoms with Gasteiger partial charge in [0, 0.05) is 5.02 Å². The molecule has 1 aromatic heterocycles. The van der Waals surface area contributed by atoms with E-state index in [4.69, 9.17) is 17.3 Å². The van der Waals surface area contributed by atoms with Gasteiger partial charge >= 0.3 is 0 Å². The number of imidazole rings is 1. The highest BCUT2D eigenvalue weighted by atomic mass is 35.5. The second-order valence-corrected chi connectivity index (χ2v) is 3.69. The van der Waals surface area contributed by atoms with E-state index in [1.54, 1.807) is 0 Å². The Kier molecular flexibility index (Phi) is 4.59. The molecule has 0 amide bonds. The normalized spacial score (nSPS) is 9.87. The number of hydrogen-bond donors (Lipinski definition) is 2. The minimum absolute atomic E-state index is 0.423. The van der Waals surface area contributed by atoms with Crippen molar-refractivity contribution in [2.24, 2.45) is 5.73 Å². The zero-order chi connectivity index (χ0) is 11.3. The van der Waals surface area contributed by atoms with E-state index in [0.717, 1.165) is 16.9 Å². The first-order valence-corrected chi connectivity index (χ1v) is 5.43. The first kappa shape index (κ1) is 12.0. The van der Waals surface area contributed by atoms with E-state index in [1.165, 1.54) is 6.42 Å². The average molecular weight is 226 g/mol. The quantitative estimate of drug-likeness (QED) is 0.784. The molecule has 0 aliphatic heterocycles. The van der Waals surface area contributed by atoms with Crippen LogP contribution in [0.3, 0.4) is 0 Å². The minimum atomic E-state index is 0.423. The third-order valence-electron chi connectivity index (χ3n) is 1.69. The molecule has 2 rings (SSSR count). The summed E-state index contributed by atoms with van der Waals surface area (Å²) in [4.78, 5) is 7.30. The van der Waals surface area contributed by atoms with Crippen molar-refractivity contribution in [3.8, 4) is 0 Å². The molecule has 0 fully saturated rings. The van der Waals surface area contributed by atoms with E-state index in [0.29, 0.717) is 11.6 Å². The van der Waals surface area contributed by atoms with E-state index >= 15 is 0 Å². The van der Waals surface area contributed by atoms with Crippen LogP contribution in [0.1, 0.15) is 26.1 Å². The minimum Gasteiger partial charge on any atom is -0.341 e. The molecule has 0 spiro atoms. The summed E-state index contributed by atoms with van der Waals surface area (Å²) >= 11 is 5.79. The summed E-state index contributed by atoms with van der Waals surface area (Å²) in [5.74, 6) is 0.785. The Morgan fingerprint density at radius 2 is 2.07 bits per heavy atom. The smallest absolute Gasteiger partial charge is 0.121 e. The molecule has 0 aliphatic carbocycles. The fourth-order valence-corrected chi connectivity index (χ4v) is 1.30. The van der Waals surface area contributed by atoms with Crippen LogP contribution in [0.2, 0.25) is 5.02 Å². The molecule has 0 unspecified atom stereocenters. The van der Waals surface area contributed by atoms with Crippen LogP contribution in [-0.4, -0.2) is 9.97 Å². The van der Waals surface area contributed by atoms with Crippen LogP contribution < -0.4 is 5.73 Å². The van der Waals surface area contributed by atoms with Gasteiger partial charge in [-0.1, -0.05) is 31.9 Å². The number of rotatable bonds is 1. The van der Waals surface area contributed by atoms with Crippen molar-refractivity contribution in [3.05, 3.63) is 29.0 Å². The number of H-pyrrole nitrogens is 1. The van der Waals surface area contributed by atoms with Crippen molar-refractivity contribution in [3.63, 3.8) is 0 Å². The Balaban J connectivity index is 0.000000337.